The molecule has 1 rings (SSSR count). The van der Waals surface area contributed by atoms with Gasteiger partial charge in [-0.3, -0.25) is 4.79 Å². The van der Waals surface area contributed by atoms with E-state index in [0.717, 1.165) is 0 Å². The van der Waals surface area contributed by atoms with Gasteiger partial charge in [0.2, 0.25) is 5.91 Å². The largest absolute Gasteiger partial charge is 0.409 e. The Labute approximate surface area is 98.8 Å². The van der Waals surface area contributed by atoms with Gasteiger partial charge >= 0.3 is 0 Å². The van der Waals surface area contributed by atoms with Crippen molar-refractivity contribution in [2.24, 2.45) is 16.8 Å². The molecular weight excluding hydrogens is 222 g/mol. The van der Waals surface area contributed by atoms with E-state index < -0.39 is 5.92 Å². The summed E-state index contributed by atoms with van der Waals surface area (Å²) in [4.78, 5) is 19.5. The number of hydrogen-bond acceptors (Lipinski definition) is 5. The highest BCUT2D eigenvalue weighted by molar-refractivity contribution is 6.01. The summed E-state index contributed by atoms with van der Waals surface area (Å²) in [6, 6.07) is 1.70. The molecule has 1 unspecified atom stereocenters. The second-order valence-electron chi connectivity index (χ2n) is 3.40. The van der Waals surface area contributed by atoms with Crippen LogP contribution < -0.4 is 11.1 Å². The summed E-state index contributed by atoms with van der Waals surface area (Å²) in [5.74, 6) is -1.00. The lowest BCUT2D eigenvalue weighted by Gasteiger charge is -2.12. The van der Waals surface area contributed by atoms with Crippen LogP contribution in [0, 0.1) is 5.92 Å². The average molecular weight is 237 g/mol. The lowest BCUT2D eigenvalue weighted by Crippen LogP contribution is -2.38. The van der Waals surface area contributed by atoms with Crippen molar-refractivity contribution < 1.29 is 10.0 Å². The number of amides is 1. The fourth-order valence-electron chi connectivity index (χ4n) is 1.32. The van der Waals surface area contributed by atoms with Crippen molar-refractivity contribution in [3.63, 3.8) is 0 Å². The third-order valence-electron chi connectivity index (χ3n) is 2.28. The first kappa shape index (κ1) is 12.9. The van der Waals surface area contributed by atoms with Gasteiger partial charge in [-0.1, -0.05) is 12.1 Å². The third-order valence-corrected chi connectivity index (χ3v) is 2.28. The zero-order valence-electron chi connectivity index (χ0n) is 9.50. The van der Waals surface area contributed by atoms with Crippen molar-refractivity contribution in [3.8, 4) is 0 Å². The van der Waals surface area contributed by atoms with Crippen molar-refractivity contribution in [2.75, 3.05) is 0 Å². The van der Waals surface area contributed by atoms with Gasteiger partial charge < -0.3 is 16.3 Å². The SMILES string of the molecule is CCC(C(=O)NCc1ccncn1)/C(N)=N/O. The lowest BCUT2D eigenvalue weighted by molar-refractivity contribution is -0.123. The van der Waals surface area contributed by atoms with E-state index in [1.54, 1.807) is 19.2 Å². The number of nitrogens with one attached hydrogen (secondary N) is 1. The van der Waals surface area contributed by atoms with E-state index in [1.807, 2.05) is 0 Å². The molecule has 0 aliphatic rings. The van der Waals surface area contributed by atoms with Crippen LogP contribution in [0.1, 0.15) is 19.0 Å². The summed E-state index contributed by atoms with van der Waals surface area (Å²) in [5.41, 5.74) is 6.11. The van der Waals surface area contributed by atoms with E-state index in [2.05, 4.69) is 20.4 Å². The maximum atomic E-state index is 11.7. The van der Waals surface area contributed by atoms with Crippen molar-refractivity contribution in [1.82, 2.24) is 15.3 Å². The number of amidine groups is 1. The van der Waals surface area contributed by atoms with Crippen molar-refractivity contribution in [3.05, 3.63) is 24.3 Å². The van der Waals surface area contributed by atoms with Gasteiger partial charge in [-0.25, -0.2) is 9.97 Å². The number of oxime groups is 1. The first-order valence-electron chi connectivity index (χ1n) is 5.19. The first-order valence-corrected chi connectivity index (χ1v) is 5.19. The highest BCUT2D eigenvalue weighted by Crippen LogP contribution is 2.03. The number of carbonyl (C=O) groups excluding carboxylic acids is 1. The third kappa shape index (κ3) is 3.71. The van der Waals surface area contributed by atoms with Gasteiger partial charge in [-0.15, -0.1) is 0 Å². The minimum atomic E-state index is -0.623. The number of hydrogen-bond donors (Lipinski definition) is 3. The summed E-state index contributed by atoms with van der Waals surface area (Å²) in [6.07, 6.45) is 3.46. The Morgan fingerprint density at radius 2 is 2.47 bits per heavy atom. The zero-order valence-corrected chi connectivity index (χ0v) is 9.50. The van der Waals surface area contributed by atoms with E-state index >= 15 is 0 Å². The van der Waals surface area contributed by atoms with Crippen LogP contribution in [-0.2, 0) is 11.3 Å². The van der Waals surface area contributed by atoms with E-state index in [1.165, 1.54) is 6.33 Å². The van der Waals surface area contributed by atoms with E-state index in [-0.39, 0.29) is 18.3 Å². The highest BCUT2D eigenvalue weighted by Gasteiger charge is 2.20. The van der Waals surface area contributed by atoms with Crippen LogP contribution in [0.5, 0.6) is 0 Å². The van der Waals surface area contributed by atoms with Gasteiger partial charge in [-0.2, -0.15) is 0 Å². The lowest BCUT2D eigenvalue weighted by atomic mass is 10.0. The summed E-state index contributed by atoms with van der Waals surface area (Å²) in [7, 11) is 0. The normalized spacial score (nSPS) is 13.1. The highest BCUT2D eigenvalue weighted by atomic mass is 16.4. The van der Waals surface area contributed by atoms with Crippen molar-refractivity contribution in [2.45, 2.75) is 19.9 Å². The molecule has 1 aromatic heterocycles. The van der Waals surface area contributed by atoms with Crippen LogP contribution in [0.3, 0.4) is 0 Å². The predicted molar refractivity (Wildman–Crippen MR) is 61.1 cm³/mol. The quantitative estimate of drug-likeness (QED) is 0.285. The van der Waals surface area contributed by atoms with Crippen LogP contribution in [0.25, 0.3) is 0 Å². The smallest absolute Gasteiger partial charge is 0.231 e. The molecule has 92 valence electrons. The Morgan fingerprint density at radius 3 is 3.00 bits per heavy atom. The molecule has 1 atom stereocenters. The fourth-order valence-corrected chi connectivity index (χ4v) is 1.32. The van der Waals surface area contributed by atoms with Crippen molar-refractivity contribution >= 4 is 11.7 Å². The second-order valence-corrected chi connectivity index (χ2v) is 3.40. The van der Waals surface area contributed by atoms with Crippen molar-refractivity contribution in [1.29, 1.82) is 0 Å². The molecule has 0 aromatic carbocycles. The maximum Gasteiger partial charge on any atom is 0.231 e. The number of carbonyl (C=O) groups is 1. The number of nitrogens with two attached hydrogens (primary N) is 1. The van der Waals surface area contributed by atoms with Crippen LogP contribution >= 0.6 is 0 Å². The molecule has 0 saturated carbocycles. The van der Waals surface area contributed by atoms with Gasteiger partial charge in [0, 0.05) is 6.20 Å². The number of nitrogens with zero attached hydrogens (tertiary/aromatic N) is 3. The molecule has 0 aliphatic carbocycles. The molecule has 0 fully saturated rings. The molecule has 1 aromatic rings. The molecule has 7 nitrogen and oxygen atoms in total. The Hall–Kier alpha value is -2.18. The molecule has 0 bridgehead atoms. The molecule has 0 aliphatic heterocycles. The summed E-state index contributed by atoms with van der Waals surface area (Å²) >= 11 is 0. The monoisotopic (exact) mass is 237 g/mol. The summed E-state index contributed by atoms with van der Waals surface area (Å²) in [5, 5.41) is 14.0. The average Bonchev–Trinajstić information content (AvgIpc) is 2.38. The Balaban J connectivity index is 2.54. The molecule has 7 heteroatoms. The molecule has 0 saturated heterocycles. The Morgan fingerprint density at radius 1 is 1.71 bits per heavy atom. The second kappa shape index (κ2) is 6.41. The van der Waals surface area contributed by atoms with Gasteiger partial charge in [0.05, 0.1) is 18.2 Å². The zero-order chi connectivity index (χ0) is 12.7. The Bertz CT molecular complexity index is 393. The van der Waals surface area contributed by atoms with Crippen LogP contribution in [-0.4, -0.2) is 26.9 Å². The first-order chi connectivity index (χ1) is 8.19. The standard InChI is InChI=1S/C10H15N5O2/c1-2-8(9(11)15-17)10(16)13-5-7-3-4-12-6-14-7/h3-4,6,8,17H,2,5H2,1H3,(H2,11,15)(H,13,16). The van der Waals surface area contributed by atoms with Crippen LogP contribution in [0.4, 0.5) is 0 Å². The van der Waals surface area contributed by atoms with E-state index in [0.29, 0.717) is 12.1 Å². The number of aromatic nitrogens is 2. The van der Waals surface area contributed by atoms with E-state index in [9.17, 15) is 4.79 Å². The molecule has 1 amide bonds. The molecule has 0 spiro atoms. The molecule has 4 N–H and O–H groups in total. The summed E-state index contributed by atoms with van der Waals surface area (Å²) < 4.78 is 0. The van der Waals surface area contributed by atoms with Crippen LogP contribution in [0.15, 0.2) is 23.7 Å². The Kier molecular flexibility index (Phi) is 4.86. The summed E-state index contributed by atoms with van der Waals surface area (Å²) in [6.45, 7) is 2.07. The maximum absolute atomic E-state index is 11.7. The van der Waals surface area contributed by atoms with Gasteiger partial charge in [-0.05, 0) is 12.5 Å². The minimum Gasteiger partial charge on any atom is -0.409 e. The van der Waals surface area contributed by atoms with Gasteiger partial charge in [0.1, 0.15) is 6.33 Å². The van der Waals surface area contributed by atoms with Crippen LogP contribution in [0.2, 0.25) is 0 Å². The predicted octanol–water partition coefficient (Wildman–Crippen LogP) is -0.135. The number of rotatable bonds is 5. The van der Waals surface area contributed by atoms with Gasteiger partial charge in [0.15, 0.2) is 5.84 Å². The van der Waals surface area contributed by atoms with Gasteiger partial charge in [0.25, 0.3) is 0 Å². The molecule has 0 radical (unpaired) electrons. The van der Waals surface area contributed by atoms with E-state index in [4.69, 9.17) is 10.9 Å². The topological polar surface area (TPSA) is 113 Å². The molecule has 17 heavy (non-hydrogen) atoms. The molecular formula is C10H15N5O2. The molecule has 1 heterocycles. The minimum absolute atomic E-state index is 0.0901. The fraction of sp³-hybridized carbons (Fsp3) is 0.400.